The fourth-order valence-electron chi connectivity index (χ4n) is 1.66. The second-order valence-corrected chi connectivity index (χ2v) is 4.75. The van der Waals surface area contributed by atoms with Crippen molar-refractivity contribution in [1.29, 1.82) is 0 Å². The van der Waals surface area contributed by atoms with Crippen molar-refractivity contribution >= 4 is 21.6 Å². The Labute approximate surface area is 107 Å². The zero-order valence-corrected chi connectivity index (χ0v) is 10.4. The predicted molar refractivity (Wildman–Crippen MR) is 69.4 cm³/mol. The number of benzene rings is 1. The van der Waals surface area contributed by atoms with Crippen molar-refractivity contribution in [2.75, 3.05) is 7.11 Å². The Balaban J connectivity index is 2.10. The van der Waals surface area contributed by atoms with Crippen LogP contribution in [0.25, 0.3) is 20.8 Å². The lowest BCUT2D eigenvalue weighted by Crippen LogP contribution is -1.83. The molecule has 0 aliphatic rings. The number of methoxy groups -OCH3 is 1. The summed E-state index contributed by atoms with van der Waals surface area (Å²) >= 11 is 1.55. The van der Waals surface area contributed by atoms with Crippen molar-refractivity contribution in [3.63, 3.8) is 0 Å². The van der Waals surface area contributed by atoms with Gasteiger partial charge in [-0.3, -0.25) is 0 Å². The molecule has 2 aromatic heterocycles. The van der Waals surface area contributed by atoms with E-state index in [4.69, 9.17) is 4.74 Å². The summed E-state index contributed by atoms with van der Waals surface area (Å²) in [7, 11) is 1.62. The molecule has 18 heavy (non-hydrogen) atoms. The Morgan fingerprint density at radius 1 is 1.22 bits per heavy atom. The molecule has 3 aromatic rings. The summed E-state index contributed by atoms with van der Waals surface area (Å²) in [5, 5.41) is 0.825. The highest BCUT2D eigenvalue weighted by molar-refractivity contribution is 7.21. The van der Waals surface area contributed by atoms with Crippen LogP contribution >= 0.6 is 11.3 Å². The maximum absolute atomic E-state index is 12.8. The van der Waals surface area contributed by atoms with Crippen molar-refractivity contribution < 1.29 is 9.13 Å². The van der Waals surface area contributed by atoms with Gasteiger partial charge in [-0.1, -0.05) is 0 Å². The van der Waals surface area contributed by atoms with E-state index in [9.17, 15) is 4.39 Å². The van der Waals surface area contributed by atoms with E-state index in [0.29, 0.717) is 0 Å². The molecule has 3 rings (SSSR count). The lowest BCUT2D eigenvalue weighted by molar-refractivity contribution is 0.415. The van der Waals surface area contributed by atoms with E-state index in [1.54, 1.807) is 24.5 Å². The van der Waals surface area contributed by atoms with Crippen LogP contribution in [0.4, 0.5) is 4.39 Å². The molecule has 0 saturated carbocycles. The van der Waals surface area contributed by atoms with E-state index >= 15 is 0 Å². The van der Waals surface area contributed by atoms with Crippen molar-refractivity contribution in [2.24, 2.45) is 0 Å². The van der Waals surface area contributed by atoms with Gasteiger partial charge in [-0.05, 0) is 24.3 Å². The largest absolute Gasteiger partial charge is 0.497 e. The lowest BCUT2D eigenvalue weighted by Gasteiger charge is -1.96. The quantitative estimate of drug-likeness (QED) is 0.661. The number of ether oxygens (including phenoxy) is 1. The van der Waals surface area contributed by atoms with E-state index in [1.807, 2.05) is 18.2 Å². The van der Waals surface area contributed by atoms with Gasteiger partial charge in [0.25, 0.3) is 0 Å². The molecule has 0 N–H and O–H groups in total. The van der Waals surface area contributed by atoms with Gasteiger partial charge in [0.05, 0.1) is 17.3 Å². The average molecular weight is 260 g/mol. The molecule has 5 heteroatoms. The lowest BCUT2D eigenvalue weighted by atomic mass is 10.3. The summed E-state index contributed by atoms with van der Waals surface area (Å²) in [6.45, 7) is 0. The normalized spacial score (nSPS) is 10.8. The van der Waals surface area contributed by atoms with E-state index in [-0.39, 0.29) is 0 Å². The molecule has 0 aliphatic heterocycles. The van der Waals surface area contributed by atoms with Crippen LogP contribution < -0.4 is 4.74 Å². The SMILES string of the molecule is COc1ccc2sc(-c3ccc(F)nc3)nc2c1. The van der Waals surface area contributed by atoms with E-state index < -0.39 is 5.95 Å². The molecule has 90 valence electrons. The first-order valence-electron chi connectivity index (χ1n) is 5.33. The predicted octanol–water partition coefficient (Wildman–Crippen LogP) is 3.51. The van der Waals surface area contributed by atoms with Crippen LogP contribution in [0.2, 0.25) is 0 Å². The molecule has 0 fully saturated rings. The molecule has 0 spiro atoms. The van der Waals surface area contributed by atoms with Crippen LogP contribution in [0, 0.1) is 5.95 Å². The number of rotatable bonds is 2. The first kappa shape index (κ1) is 11.1. The molecule has 0 aliphatic carbocycles. The second kappa shape index (κ2) is 4.34. The number of halogens is 1. The summed E-state index contributed by atoms with van der Waals surface area (Å²) in [5.41, 5.74) is 1.69. The fourth-order valence-corrected chi connectivity index (χ4v) is 2.60. The molecule has 0 unspecified atom stereocenters. The first-order valence-corrected chi connectivity index (χ1v) is 6.14. The number of thiazole rings is 1. The topological polar surface area (TPSA) is 35.0 Å². The Morgan fingerprint density at radius 3 is 2.83 bits per heavy atom. The third-order valence-corrected chi connectivity index (χ3v) is 3.65. The Morgan fingerprint density at radius 2 is 2.11 bits per heavy atom. The molecular formula is C13H9FN2OS. The number of pyridine rings is 1. The summed E-state index contributed by atoms with van der Waals surface area (Å²) in [5.74, 6) is 0.290. The highest BCUT2D eigenvalue weighted by atomic mass is 32.1. The van der Waals surface area contributed by atoms with Crippen LogP contribution in [-0.4, -0.2) is 17.1 Å². The van der Waals surface area contributed by atoms with Gasteiger partial charge < -0.3 is 4.74 Å². The van der Waals surface area contributed by atoms with Gasteiger partial charge in [0, 0.05) is 17.8 Å². The number of aromatic nitrogens is 2. The zero-order chi connectivity index (χ0) is 12.5. The molecular weight excluding hydrogens is 251 g/mol. The number of hydrogen-bond donors (Lipinski definition) is 0. The third-order valence-electron chi connectivity index (χ3n) is 2.57. The van der Waals surface area contributed by atoms with Gasteiger partial charge in [-0.25, -0.2) is 9.97 Å². The number of nitrogens with zero attached hydrogens (tertiary/aromatic N) is 2. The molecule has 3 nitrogen and oxygen atoms in total. The van der Waals surface area contributed by atoms with Crippen molar-refractivity contribution in [3.8, 4) is 16.3 Å². The van der Waals surface area contributed by atoms with E-state index in [0.717, 1.165) is 26.5 Å². The monoisotopic (exact) mass is 260 g/mol. The van der Waals surface area contributed by atoms with Crippen LogP contribution in [0.1, 0.15) is 0 Å². The minimum Gasteiger partial charge on any atom is -0.497 e. The Kier molecular flexibility index (Phi) is 2.68. The van der Waals surface area contributed by atoms with Gasteiger partial charge in [-0.2, -0.15) is 4.39 Å². The Bertz CT molecular complexity index is 694. The number of fused-ring (bicyclic) bond motifs is 1. The van der Waals surface area contributed by atoms with Crippen molar-refractivity contribution in [3.05, 3.63) is 42.5 Å². The summed E-state index contributed by atoms with van der Waals surface area (Å²) < 4.78 is 19.0. The second-order valence-electron chi connectivity index (χ2n) is 3.72. The minimum atomic E-state index is -0.485. The number of hydrogen-bond acceptors (Lipinski definition) is 4. The Hall–Kier alpha value is -2.01. The van der Waals surface area contributed by atoms with Crippen LogP contribution in [0.5, 0.6) is 5.75 Å². The molecule has 0 bridgehead atoms. The first-order chi connectivity index (χ1) is 8.76. The van der Waals surface area contributed by atoms with E-state index in [2.05, 4.69) is 9.97 Å². The molecule has 0 saturated heterocycles. The zero-order valence-electron chi connectivity index (χ0n) is 9.55. The average Bonchev–Trinajstić information content (AvgIpc) is 2.82. The highest BCUT2D eigenvalue weighted by Crippen LogP contribution is 2.31. The summed E-state index contributed by atoms with van der Waals surface area (Å²) in [4.78, 5) is 8.13. The van der Waals surface area contributed by atoms with Gasteiger partial charge >= 0.3 is 0 Å². The minimum absolute atomic E-state index is 0.485. The van der Waals surface area contributed by atoms with E-state index in [1.165, 1.54) is 12.3 Å². The van der Waals surface area contributed by atoms with Gasteiger partial charge in [0.1, 0.15) is 10.8 Å². The van der Waals surface area contributed by atoms with Gasteiger partial charge in [0.15, 0.2) is 0 Å². The highest BCUT2D eigenvalue weighted by Gasteiger charge is 2.07. The fraction of sp³-hybridized carbons (Fsp3) is 0.0769. The maximum Gasteiger partial charge on any atom is 0.212 e. The third kappa shape index (κ3) is 1.93. The van der Waals surface area contributed by atoms with Crippen molar-refractivity contribution in [2.45, 2.75) is 0 Å². The van der Waals surface area contributed by atoms with Gasteiger partial charge in [-0.15, -0.1) is 11.3 Å². The standard InChI is InChI=1S/C13H9FN2OS/c1-17-9-3-4-11-10(6-9)16-13(18-11)8-2-5-12(14)15-7-8/h2-7H,1H3. The molecule has 1 aromatic carbocycles. The summed E-state index contributed by atoms with van der Waals surface area (Å²) in [6.07, 6.45) is 1.49. The van der Waals surface area contributed by atoms with Crippen LogP contribution in [0.3, 0.4) is 0 Å². The van der Waals surface area contributed by atoms with Crippen LogP contribution in [0.15, 0.2) is 36.5 Å². The molecule has 0 atom stereocenters. The smallest absolute Gasteiger partial charge is 0.212 e. The maximum atomic E-state index is 12.8. The van der Waals surface area contributed by atoms with Crippen LogP contribution in [-0.2, 0) is 0 Å². The van der Waals surface area contributed by atoms with Crippen molar-refractivity contribution in [1.82, 2.24) is 9.97 Å². The summed E-state index contributed by atoms with van der Waals surface area (Å²) in [6, 6.07) is 8.75. The van der Waals surface area contributed by atoms with Gasteiger partial charge in [0.2, 0.25) is 5.95 Å². The molecule has 0 radical (unpaired) electrons. The molecule has 0 amide bonds. The molecule has 2 heterocycles.